The van der Waals surface area contributed by atoms with Crippen LogP contribution in [0.25, 0.3) is 10.9 Å². The molecule has 19 heavy (non-hydrogen) atoms. The molecule has 0 amide bonds. The van der Waals surface area contributed by atoms with E-state index < -0.39 is 0 Å². The summed E-state index contributed by atoms with van der Waals surface area (Å²) < 4.78 is 2.04. The molecule has 0 saturated carbocycles. The molecule has 1 aromatic carbocycles. The molecule has 0 saturated heterocycles. The van der Waals surface area contributed by atoms with Crippen molar-refractivity contribution < 1.29 is 0 Å². The molecule has 3 aromatic rings. The first-order valence-corrected chi connectivity index (χ1v) is 7.27. The summed E-state index contributed by atoms with van der Waals surface area (Å²) in [7, 11) is 0. The van der Waals surface area contributed by atoms with Crippen molar-refractivity contribution in [2.24, 2.45) is 0 Å². The van der Waals surface area contributed by atoms with Crippen molar-refractivity contribution in [3.63, 3.8) is 0 Å². The first kappa shape index (κ1) is 12.4. The number of para-hydroxylation sites is 1. The highest BCUT2D eigenvalue weighted by Gasteiger charge is 2.05. The molecule has 0 N–H and O–H groups in total. The van der Waals surface area contributed by atoms with Crippen molar-refractivity contribution in [1.82, 2.24) is 9.55 Å². The normalized spacial score (nSPS) is 11.0. The number of fused-ring (bicyclic) bond motifs is 1. The van der Waals surface area contributed by atoms with Gasteiger partial charge in [-0.05, 0) is 12.1 Å². The number of rotatable bonds is 3. The molecule has 96 valence electrons. The van der Waals surface area contributed by atoms with Gasteiger partial charge < -0.3 is 4.57 Å². The zero-order valence-electron chi connectivity index (χ0n) is 10.0. The first-order valence-electron chi connectivity index (χ1n) is 5.85. The van der Waals surface area contributed by atoms with Gasteiger partial charge in [0.05, 0.1) is 23.6 Å². The zero-order chi connectivity index (χ0) is 13.2. The maximum absolute atomic E-state index is 11.8. The zero-order valence-corrected chi connectivity index (χ0v) is 11.6. The van der Waals surface area contributed by atoms with E-state index in [1.807, 2.05) is 40.4 Å². The second-order valence-electron chi connectivity index (χ2n) is 4.19. The van der Waals surface area contributed by atoms with Crippen LogP contribution in [0.15, 0.2) is 46.7 Å². The Bertz CT molecular complexity index is 778. The van der Waals surface area contributed by atoms with Crippen molar-refractivity contribution >= 4 is 33.8 Å². The van der Waals surface area contributed by atoms with E-state index >= 15 is 0 Å². The van der Waals surface area contributed by atoms with Crippen molar-refractivity contribution in [3.8, 4) is 0 Å². The minimum atomic E-state index is 0.0486. The van der Waals surface area contributed by atoms with Crippen molar-refractivity contribution in [2.75, 3.05) is 0 Å². The lowest BCUT2D eigenvalue weighted by molar-refractivity contribution is 0.814. The average molecular weight is 291 g/mol. The fraction of sp³-hybridized carbons (Fsp3) is 0.143. The van der Waals surface area contributed by atoms with Crippen LogP contribution in [0.3, 0.4) is 0 Å². The molecule has 0 spiro atoms. The van der Waals surface area contributed by atoms with Gasteiger partial charge in [0.15, 0.2) is 5.43 Å². The van der Waals surface area contributed by atoms with Gasteiger partial charge in [-0.2, -0.15) is 0 Å². The molecule has 3 nitrogen and oxygen atoms in total. The number of alkyl halides is 1. The molecular weight excluding hydrogens is 280 g/mol. The van der Waals surface area contributed by atoms with Gasteiger partial charge in [-0.1, -0.05) is 12.1 Å². The lowest BCUT2D eigenvalue weighted by atomic mass is 10.2. The average Bonchev–Trinajstić information content (AvgIpc) is 2.90. The molecule has 0 aliphatic rings. The van der Waals surface area contributed by atoms with Crippen LogP contribution < -0.4 is 5.43 Å². The van der Waals surface area contributed by atoms with Gasteiger partial charge in [0.25, 0.3) is 0 Å². The minimum absolute atomic E-state index is 0.0486. The van der Waals surface area contributed by atoms with Gasteiger partial charge in [-0.25, -0.2) is 4.98 Å². The molecule has 5 heteroatoms. The Morgan fingerprint density at radius 3 is 2.89 bits per heavy atom. The van der Waals surface area contributed by atoms with Gasteiger partial charge in [0.1, 0.15) is 5.01 Å². The third-order valence-electron chi connectivity index (χ3n) is 2.93. The molecule has 0 unspecified atom stereocenters. The quantitative estimate of drug-likeness (QED) is 0.694. The van der Waals surface area contributed by atoms with Crippen molar-refractivity contribution in [2.45, 2.75) is 12.4 Å². The molecule has 0 aliphatic carbocycles. The van der Waals surface area contributed by atoms with Crippen LogP contribution in [0.2, 0.25) is 0 Å². The summed E-state index contributed by atoms with van der Waals surface area (Å²) in [6.07, 6.45) is 1.81. The summed E-state index contributed by atoms with van der Waals surface area (Å²) in [6, 6.07) is 9.21. The van der Waals surface area contributed by atoms with E-state index in [-0.39, 0.29) is 5.43 Å². The SMILES string of the molecule is O=c1ccn(Cc2nc(CCl)cs2)c2ccccc12. The van der Waals surface area contributed by atoms with E-state index in [0.717, 1.165) is 21.6 Å². The van der Waals surface area contributed by atoms with Crippen LogP contribution >= 0.6 is 22.9 Å². The second kappa shape index (κ2) is 5.15. The summed E-state index contributed by atoms with van der Waals surface area (Å²) in [6.45, 7) is 0.655. The first-order chi connectivity index (χ1) is 9.28. The molecule has 2 aromatic heterocycles. The molecule has 3 rings (SSSR count). The largest absolute Gasteiger partial charge is 0.340 e. The Kier molecular flexibility index (Phi) is 3.36. The molecule has 2 heterocycles. The van der Waals surface area contributed by atoms with Gasteiger partial charge >= 0.3 is 0 Å². The Labute approximate surface area is 119 Å². The lowest BCUT2D eigenvalue weighted by Gasteiger charge is -2.08. The number of nitrogens with zero attached hydrogens (tertiary/aromatic N) is 2. The molecule has 0 fully saturated rings. The number of aromatic nitrogens is 2. The van der Waals surface area contributed by atoms with Crippen LogP contribution in [0.1, 0.15) is 10.7 Å². The maximum Gasteiger partial charge on any atom is 0.189 e. The smallest absolute Gasteiger partial charge is 0.189 e. The Morgan fingerprint density at radius 2 is 2.11 bits per heavy atom. The third kappa shape index (κ3) is 2.41. The van der Waals surface area contributed by atoms with E-state index in [4.69, 9.17) is 11.6 Å². The molecule has 0 aliphatic heterocycles. The van der Waals surface area contributed by atoms with E-state index in [1.165, 1.54) is 0 Å². The Hall–Kier alpha value is -1.65. The Morgan fingerprint density at radius 1 is 1.26 bits per heavy atom. The summed E-state index contributed by atoms with van der Waals surface area (Å²) in [4.78, 5) is 16.2. The lowest BCUT2D eigenvalue weighted by Crippen LogP contribution is -2.08. The van der Waals surface area contributed by atoms with Gasteiger partial charge in [0.2, 0.25) is 0 Å². The minimum Gasteiger partial charge on any atom is -0.340 e. The highest BCUT2D eigenvalue weighted by molar-refractivity contribution is 7.09. The molecule has 0 radical (unpaired) electrons. The maximum atomic E-state index is 11.8. The highest BCUT2D eigenvalue weighted by Crippen LogP contribution is 2.16. The summed E-state index contributed by atoms with van der Waals surface area (Å²) >= 11 is 7.34. The molecular formula is C14H11ClN2OS. The monoisotopic (exact) mass is 290 g/mol. The van der Waals surface area contributed by atoms with Crippen LogP contribution in [0, 0.1) is 0 Å². The topological polar surface area (TPSA) is 34.9 Å². The fourth-order valence-corrected chi connectivity index (χ4v) is 3.05. The number of hydrogen-bond acceptors (Lipinski definition) is 3. The van der Waals surface area contributed by atoms with E-state index in [9.17, 15) is 4.79 Å². The number of benzene rings is 1. The standard InChI is InChI=1S/C14H11ClN2OS/c15-7-10-9-19-14(16-10)8-17-6-5-13(18)11-3-1-2-4-12(11)17/h1-6,9H,7-8H2. The third-order valence-corrected chi connectivity index (χ3v) is 4.08. The van der Waals surface area contributed by atoms with Crippen LogP contribution in [-0.2, 0) is 12.4 Å². The second-order valence-corrected chi connectivity index (χ2v) is 5.40. The van der Waals surface area contributed by atoms with Gasteiger partial charge in [-0.15, -0.1) is 22.9 Å². The van der Waals surface area contributed by atoms with Crippen molar-refractivity contribution in [1.29, 1.82) is 0 Å². The predicted molar refractivity (Wildman–Crippen MR) is 79.0 cm³/mol. The number of halogens is 1. The van der Waals surface area contributed by atoms with Gasteiger partial charge in [0, 0.05) is 23.0 Å². The summed E-state index contributed by atoms with van der Waals surface area (Å²) in [5.74, 6) is 0.432. The number of pyridine rings is 1. The van der Waals surface area contributed by atoms with E-state index in [2.05, 4.69) is 4.98 Å². The fourth-order valence-electron chi connectivity index (χ4n) is 2.03. The Balaban J connectivity index is 2.06. The van der Waals surface area contributed by atoms with Crippen LogP contribution in [0.4, 0.5) is 0 Å². The van der Waals surface area contributed by atoms with Crippen LogP contribution in [-0.4, -0.2) is 9.55 Å². The van der Waals surface area contributed by atoms with Crippen LogP contribution in [0.5, 0.6) is 0 Å². The highest BCUT2D eigenvalue weighted by atomic mass is 35.5. The number of hydrogen-bond donors (Lipinski definition) is 0. The van der Waals surface area contributed by atoms with E-state index in [0.29, 0.717) is 12.4 Å². The van der Waals surface area contributed by atoms with E-state index in [1.54, 1.807) is 17.4 Å². The summed E-state index contributed by atoms with van der Waals surface area (Å²) in [5.41, 5.74) is 1.87. The summed E-state index contributed by atoms with van der Waals surface area (Å²) in [5, 5.41) is 3.69. The van der Waals surface area contributed by atoms with Gasteiger partial charge in [-0.3, -0.25) is 4.79 Å². The molecule has 0 atom stereocenters. The molecule has 0 bridgehead atoms. The van der Waals surface area contributed by atoms with Crippen molar-refractivity contribution in [3.05, 3.63) is 62.8 Å². The predicted octanol–water partition coefficient (Wildman–Crippen LogP) is 3.25. The number of thiazole rings is 1.